The van der Waals surface area contributed by atoms with Gasteiger partial charge in [-0.2, -0.15) is 0 Å². The summed E-state index contributed by atoms with van der Waals surface area (Å²) in [5, 5.41) is 3.01. The maximum Gasteiger partial charge on any atom is 0.343 e. The molecular formula is C15H18FN3O3. The van der Waals surface area contributed by atoms with Crippen LogP contribution in [0, 0.1) is 5.82 Å². The number of pyridine rings is 1. The van der Waals surface area contributed by atoms with E-state index in [0.29, 0.717) is 25.2 Å². The van der Waals surface area contributed by atoms with Crippen molar-refractivity contribution in [3.63, 3.8) is 0 Å². The number of rotatable bonds is 5. The van der Waals surface area contributed by atoms with Crippen LogP contribution < -0.4 is 16.5 Å². The van der Waals surface area contributed by atoms with Crippen LogP contribution >= 0.6 is 0 Å². The predicted molar refractivity (Wildman–Crippen MR) is 82.7 cm³/mol. The Balaban J connectivity index is 2.73. The van der Waals surface area contributed by atoms with E-state index in [1.807, 2.05) is 6.92 Å². The molecule has 0 unspecified atom stereocenters. The Labute approximate surface area is 126 Å². The number of halogens is 1. The zero-order valence-electron chi connectivity index (χ0n) is 12.5. The van der Waals surface area contributed by atoms with Gasteiger partial charge in [0, 0.05) is 31.2 Å². The van der Waals surface area contributed by atoms with Gasteiger partial charge in [-0.15, -0.1) is 0 Å². The average molecular weight is 307 g/mol. The van der Waals surface area contributed by atoms with Crippen LogP contribution in [0.2, 0.25) is 0 Å². The van der Waals surface area contributed by atoms with Crippen molar-refractivity contribution >= 4 is 22.6 Å². The quantitative estimate of drug-likeness (QED) is 0.814. The number of nitrogens with two attached hydrogens (primary N) is 1. The number of hydrogen-bond acceptors (Lipinski definition) is 5. The summed E-state index contributed by atoms with van der Waals surface area (Å²) in [7, 11) is 1.20. The minimum Gasteiger partial charge on any atom is -0.465 e. The van der Waals surface area contributed by atoms with Gasteiger partial charge in [-0.1, -0.05) is 0 Å². The van der Waals surface area contributed by atoms with Crippen molar-refractivity contribution in [3.05, 3.63) is 39.9 Å². The number of hydrogen-bond donors (Lipinski definition) is 2. The lowest BCUT2D eigenvalue weighted by Crippen LogP contribution is -2.20. The van der Waals surface area contributed by atoms with Gasteiger partial charge < -0.3 is 20.4 Å². The Kier molecular flexibility index (Phi) is 4.77. The molecule has 0 amide bonds. The number of methoxy groups -OCH3 is 1. The second-order valence-electron chi connectivity index (χ2n) is 4.71. The number of benzene rings is 1. The summed E-state index contributed by atoms with van der Waals surface area (Å²) in [6.45, 7) is 3.16. The summed E-state index contributed by atoms with van der Waals surface area (Å²) in [6, 6.07) is 2.68. The number of ether oxygens (including phenoxy) is 1. The third-order valence-electron chi connectivity index (χ3n) is 3.37. The average Bonchev–Trinajstić information content (AvgIpc) is 2.53. The lowest BCUT2D eigenvalue weighted by atomic mass is 10.1. The second-order valence-corrected chi connectivity index (χ2v) is 4.71. The molecule has 22 heavy (non-hydrogen) atoms. The standard InChI is InChI=1S/C15H18FN3O3/c1-3-19-8-10(15(21)22-2)14(20)9-6-11(16)12(7-13(9)19)18-5-4-17/h6-8,18H,3-5,17H2,1-2H3. The largest absolute Gasteiger partial charge is 0.465 e. The maximum absolute atomic E-state index is 14.1. The summed E-state index contributed by atoms with van der Waals surface area (Å²) in [5.41, 5.74) is 5.55. The number of aromatic nitrogens is 1. The Morgan fingerprint density at radius 1 is 1.45 bits per heavy atom. The molecule has 1 heterocycles. The zero-order chi connectivity index (χ0) is 16.3. The molecule has 2 rings (SSSR count). The van der Waals surface area contributed by atoms with Crippen molar-refractivity contribution in [2.75, 3.05) is 25.5 Å². The first-order chi connectivity index (χ1) is 10.5. The van der Waals surface area contributed by atoms with Gasteiger partial charge in [-0.25, -0.2) is 9.18 Å². The molecule has 7 heteroatoms. The molecule has 0 aliphatic carbocycles. The summed E-state index contributed by atoms with van der Waals surface area (Å²) in [6.07, 6.45) is 1.43. The molecule has 0 fully saturated rings. The van der Waals surface area contributed by atoms with E-state index in [1.54, 1.807) is 10.6 Å². The Bertz CT molecular complexity index is 771. The SMILES string of the molecule is CCn1cc(C(=O)OC)c(=O)c2cc(F)c(NCCN)cc21. The monoisotopic (exact) mass is 307 g/mol. The molecule has 0 radical (unpaired) electrons. The number of anilines is 1. The topological polar surface area (TPSA) is 86.3 Å². The number of fused-ring (bicyclic) bond motifs is 1. The van der Waals surface area contributed by atoms with Gasteiger partial charge in [0.1, 0.15) is 11.4 Å². The lowest BCUT2D eigenvalue weighted by molar-refractivity contribution is 0.0598. The fraction of sp³-hybridized carbons (Fsp3) is 0.333. The van der Waals surface area contributed by atoms with Gasteiger partial charge in [0.05, 0.1) is 18.3 Å². The van der Waals surface area contributed by atoms with E-state index in [1.165, 1.54) is 13.3 Å². The third-order valence-corrected chi connectivity index (χ3v) is 3.37. The molecule has 0 saturated heterocycles. The van der Waals surface area contributed by atoms with Crippen LogP contribution in [0.15, 0.2) is 23.1 Å². The molecule has 0 bridgehead atoms. The van der Waals surface area contributed by atoms with Crippen LogP contribution in [0.25, 0.3) is 10.9 Å². The molecule has 6 nitrogen and oxygen atoms in total. The van der Waals surface area contributed by atoms with Crippen molar-refractivity contribution in [2.24, 2.45) is 5.73 Å². The molecule has 1 aromatic heterocycles. The molecule has 0 atom stereocenters. The number of aryl methyl sites for hydroxylation is 1. The first kappa shape index (κ1) is 16.0. The lowest BCUT2D eigenvalue weighted by Gasteiger charge is -2.13. The van der Waals surface area contributed by atoms with E-state index >= 15 is 0 Å². The van der Waals surface area contributed by atoms with Crippen molar-refractivity contribution in [1.82, 2.24) is 4.57 Å². The Morgan fingerprint density at radius 2 is 2.18 bits per heavy atom. The van der Waals surface area contributed by atoms with E-state index in [9.17, 15) is 14.0 Å². The number of nitrogens with zero attached hydrogens (tertiary/aromatic N) is 1. The van der Waals surface area contributed by atoms with Crippen LogP contribution in [0.4, 0.5) is 10.1 Å². The van der Waals surface area contributed by atoms with Gasteiger partial charge >= 0.3 is 5.97 Å². The first-order valence-electron chi connectivity index (χ1n) is 6.92. The third kappa shape index (κ3) is 2.80. The number of carbonyl (C=O) groups excluding carboxylic acids is 1. The molecule has 0 aliphatic rings. The molecule has 2 aromatic rings. The zero-order valence-corrected chi connectivity index (χ0v) is 12.5. The molecule has 118 valence electrons. The van der Waals surface area contributed by atoms with Crippen molar-refractivity contribution in [1.29, 1.82) is 0 Å². The maximum atomic E-state index is 14.1. The van der Waals surface area contributed by atoms with E-state index in [0.717, 1.165) is 6.07 Å². The number of carbonyl (C=O) groups is 1. The normalized spacial score (nSPS) is 10.7. The van der Waals surface area contributed by atoms with E-state index in [2.05, 4.69) is 10.1 Å². The van der Waals surface area contributed by atoms with E-state index in [4.69, 9.17) is 5.73 Å². The van der Waals surface area contributed by atoms with Gasteiger partial charge in [0.25, 0.3) is 0 Å². The fourth-order valence-electron chi connectivity index (χ4n) is 2.27. The predicted octanol–water partition coefficient (Wildman–Crippen LogP) is 1.32. The first-order valence-corrected chi connectivity index (χ1v) is 6.92. The Morgan fingerprint density at radius 3 is 2.77 bits per heavy atom. The summed E-state index contributed by atoms with van der Waals surface area (Å²) in [4.78, 5) is 24.0. The summed E-state index contributed by atoms with van der Waals surface area (Å²) >= 11 is 0. The highest BCUT2D eigenvalue weighted by atomic mass is 19.1. The van der Waals surface area contributed by atoms with Crippen LogP contribution in [0.1, 0.15) is 17.3 Å². The second kappa shape index (κ2) is 6.57. The number of esters is 1. The van der Waals surface area contributed by atoms with Crippen molar-refractivity contribution in [2.45, 2.75) is 13.5 Å². The summed E-state index contributed by atoms with van der Waals surface area (Å²) in [5.74, 6) is -1.30. The molecule has 3 N–H and O–H groups in total. The molecule has 0 saturated carbocycles. The van der Waals surface area contributed by atoms with Crippen LogP contribution in [0.3, 0.4) is 0 Å². The van der Waals surface area contributed by atoms with Crippen LogP contribution in [-0.2, 0) is 11.3 Å². The van der Waals surface area contributed by atoms with Crippen LogP contribution in [0.5, 0.6) is 0 Å². The minimum atomic E-state index is -0.736. The highest BCUT2D eigenvalue weighted by Crippen LogP contribution is 2.22. The Hall–Kier alpha value is -2.41. The van der Waals surface area contributed by atoms with Gasteiger partial charge in [0.2, 0.25) is 5.43 Å². The van der Waals surface area contributed by atoms with E-state index in [-0.39, 0.29) is 16.6 Å². The summed E-state index contributed by atoms with van der Waals surface area (Å²) < 4.78 is 20.4. The molecular weight excluding hydrogens is 289 g/mol. The van der Waals surface area contributed by atoms with Crippen LogP contribution in [-0.4, -0.2) is 30.7 Å². The highest BCUT2D eigenvalue weighted by molar-refractivity contribution is 5.94. The minimum absolute atomic E-state index is 0.112. The molecule has 1 aromatic carbocycles. The highest BCUT2D eigenvalue weighted by Gasteiger charge is 2.17. The molecule has 0 spiro atoms. The van der Waals surface area contributed by atoms with Gasteiger partial charge in [-0.3, -0.25) is 4.79 Å². The van der Waals surface area contributed by atoms with Crippen molar-refractivity contribution < 1.29 is 13.9 Å². The number of nitrogens with one attached hydrogen (secondary N) is 1. The van der Waals surface area contributed by atoms with Gasteiger partial charge in [-0.05, 0) is 19.1 Å². The van der Waals surface area contributed by atoms with Crippen molar-refractivity contribution in [3.8, 4) is 0 Å². The fourth-order valence-corrected chi connectivity index (χ4v) is 2.27. The van der Waals surface area contributed by atoms with Gasteiger partial charge in [0.15, 0.2) is 0 Å². The van der Waals surface area contributed by atoms with E-state index < -0.39 is 17.2 Å². The smallest absolute Gasteiger partial charge is 0.343 e. The molecule has 0 aliphatic heterocycles.